The van der Waals surface area contributed by atoms with Crippen LogP contribution in [-0.4, -0.2) is 41.0 Å². The lowest BCUT2D eigenvalue weighted by molar-refractivity contribution is -0.161. The Bertz CT molecular complexity index is 617. The molecule has 0 amide bonds. The molecule has 0 saturated heterocycles. The molecular weight excluding hydrogens is 483 g/mol. The molecule has 0 unspecified atom stereocenters. The van der Waals surface area contributed by atoms with Gasteiger partial charge in [0.1, 0.15) is 6.61 Å². The van der Waals surface area contributed by atoms with Crippen LogP contribution in [0, 0.1) is 0 Å². The van der Waals surface area contributed by atoms with Gasteiger partial charge >= 0.3 is 19.8 Å². The van der Waals surface area contributed by atoms with E-state index in [1.807, 2.05) is 0 Å². The van der Waals surface area contributed by atoms with E-state index in [4.69, 9.17) is 19.3 Å². The van der Waals surface area contributed by atoms with Crippen molar-refractivity contribution in [3.05, 3.63) is 12.2 Å². The highest BCUT2D eigenvalue weighted by Gasteiger charge is 2.22. The molecular formula is C27H51O8P. The summed E-state index contributed by atoms with van der Waals surface area (Å²) in [7, 11) is -4.73. The molecule has 0 aromatic carbocycles. The summed E-state index contributed by atoms with van der Waals surface area (Å²) in [6, 6.07) is 0. The maximum absolute atomic E-state index is 12.2. The Morgan fingerprint density at radius 3 is 1.81 bits per heavy atom. The van der Waals surface area contributed by atoms with Crippen molar-refractivity contribution in [3.8, 4) is 0 Å². The third-order valence-corrected chi connectivity index (χ3v) is 6.25. The van der Waals surface area contributed by atoms with E-state index < -0.39 is 32.5 Å². The van der Waals surface area contributed by atoms with E-state index in [1.165, 1.54) is 38.5 Å². The minimum atomic E-state index is -4.73. The Morgan fingerprint density at radius 2 is 1.22 bits per heavy atom. The number of hydrogen-bond donors (Lipinski definition) is 2. The molecule has 1 atom stereocenters. The normalized spacial score (nSPS) is 12.7. The van der Waals surface area contributed by atoms with Gasteiger partial charge in [-0.05, 0) is 32.1 Å². The highest BCUT2D eigenvalue weighted by Crippen LogP contribution is 2.35. The van der Waals surface area contributed by atoms with Gasteiger partial charge in [-0.2, -0.15) is 0 Å². The fraction of sp³-hybridized carbons (Fsp3) is 0.852. The van der Waals surface area contributed by atoms with Gasteiger partial charge in [0.05, 0.1) is 6.61 Å². The second-order valence-electron chi connectivity index (χ2n) is 9.37. The zero-order chi connectivity index (χ0) is 26.9. The van der Waals surface area contributed by atoms with Crippen LogP contribution in [0.25, 0.3) is 0 Å². The van der Waals surface area contributed by atoms with Gasteiger partial charge in [-0.1, -0.05) is 96.6 Å². The molecule has 36 heavy (non-hydrogen) atoms. The average molecular weight is 535 g/mol. The van der Waals surface area contributed by atoms with Crippen molar-refractivity contribution in [2.45, 2.75) is 136 Å². The molecule has 0 aromatic rings. The first-order valence-electron chi connectivity index (χ1n) is 14.0. The largest absolute Gasteiger partial charge is 0.469 e. The summed E-state index contributed by atoms with van der Waals surface area (Å²) in [4.78, 5) is 42.1. The minimum Gasteiger partial charge on any atom is -0.462 e. The summed E-state index contributed by atoms with van der Waals surface area (Å²) in [5.41, 5.74) is 0. The van der Waals surface area contributed by atoms with Crippen LogP contribution in [0.3, 0.4) is 0 Å². The van der Waals surface area contributed by atoms with E-state index in [9.17, 15) is 14.2 Å². The minimum absolute atomic E-state index is 0.203. The molecule has 0 aliphatic rings. The standard InChI is InChI=1S/C27H51O8P/c1-3-5-7-9-11-13-14-16-18-20-22-27(29)35-25(24-34-36(30,31)32)23-33-26(28)21-19-17-15-12-10-8-6-4-2/h7,9,25H,3-6,8,10-24H2,1-2H3,(H2,30,31,32)/b9-7-/t25-/m1/s1. The van der Waals surface area contributed by atoms with Gasteiger partial charge in [0, 0.05) is 12.8 Å². The first kappa shape index (κ1) is 34.8. The Morgan fingerprint density at radius 1 is 0.694 bits per heavy atom. The van der Waals surface area contributed by atoms with Gasteiger partial charge in [-0.25, -0.2) is 4.57 Å². The Balaban J connectivity index is 4.12. The van der Waals surface area contributed by atoms with Crippen LogP contribution >= 0.6 is 7.82 Å². The first-order chi connectivity index (χ1) is 17.3. The third kappa shape index (κ3) is 25.9. The van der Waals surface area contributed by atoms with E-state index in [-0.39, 0.29) is 19.4 Å². The second kappa shape index (κ2) is 24.1. The van der Waals surface area contributed by atoms with Gasteiger partial charge in [-0.3, -0.25) is 14.1 Å². The van der Waals surface area contributed by atoms with Crippen molar-refractivity contribution in [2.75, 3.05) is 13.2 Å². The molecule has 0 aliphatic carbocycles. The van der Waals surface area contributed by atoms with Crippen LogP contribution in [-0.2, 0) is 28.2 Å². The molecule has 212 valence electrons. The lowest BCUT2D eigenvalue weighted by Crippen LogP contribution is -2.29. The van der Waals surface area contributed by atoms with Crippen molar-refractivity contribution in [3.63, 3.8) is 0 Å². The molecule has 0 aliphatic heterocycles. The summed E-state index contributed by atoms with van der Waals surface area (Å²) in [5.74, 6) is -0.904. The van der Waals surface area contributed by atoms with Crippen molar-refractivity contribution in [1.82, 2.24) is 0 Å². The quantitative estimate of drug-likeness (QED) is 0.0547. The number of carbonyl (C=O) groups is 2. The van der Waals surface area contributed by atoms with E-state index >= 15 is 0 Å². The van der Waals surface area contributed by atoms with E-state index in [0.29, 0.717) is 6.42 Å². The van der Waals surface area contributed by atoms with Crippen LogP contribution in [0.15, 0.2) is 12.2 Å². The summed E-state index contributed by atoms with van der Waals surface area (Å²) in [5, 5.41) is 0. The molecule has 8 nitrogen and oxygen atoms in total. The molecule has 0 fully saturated rings. The lowest BCUT2D eigenvalue weighted by atomic mass is 10.1. The van der Waals surface area contributed by atoms with Crippen molar-refractivity contribution in [1.29, 1.82) is 0 Å². The Hall–Kier alpha value is -1.21. The highest BCUT2D eigenvalue weighted by atomic mass is 31.2. The Kier molecular flexibility index (Phi) is 23.3. The Labute approximate surface area is 218 Å². The fourth-order valence-corrected chi connectivity index (χ4v) is 4.03. The zero-order valence-corrected chi connectivity index (χ0v) is 23.6. The topological polar surface area (TPSA) is 119 Å². The molecule has 0 bridgehead atoms. The number of phosphoric acid groups is 1. The van der Waals surface area contributed by atoms with Crippen LogP contribution in [0.5, 0.6) is 0 Å². The monoisotopic (exact) mass is 534 g/mol. The summed E-state index contributed by atoms with van der Waals surface area (Å²) in [6.45, 7) is 3.53. The maximum Gasteiger partial charge on any atom is 0.469 e. The lowest BCUT2D eigenvalue weighted by Gasteiger charge is -2.18. The SMILES string of the molecule is CCC/C=C\CCCCCCCC(=O)O[C@H](COC(=O)CCCCCCCCCC)COP(=O)(O)O. The van der Waals surface area contributed by atoms with Crippen molar-refractivity contribution in [2.24, 2.45) is 0 Å². The van der Waals surface area contributed by atoms with E-state index in [1.54, 1.807) is 0 Å². The predicted octanol–water partition coefficient (Wildman–Crippen LogP) is 7.17. The van der Waals surface area contributed by atoms with Gasteiger partial charge in [0.2, 0.25) is 0 Å². The van der Waals surface area contributed by atoms with Gasteiger partial charge < -0.3 is 19.3 Å². The summed E-state index contributed by atoms with van der Waals surface area (Å²) < 4.78 is 26.0. The molecule has 9 heteroatoms. The molecule has 0 radical (unpaired) electrons. The average Bonchev–Trinajstić information content (AvgIpc) is 2.83. The number of carbonyl (C=O) groups excluding carboxylic acids is 2. The summed E-state index contributed by atoms with van der Waals surface area (Å²) >= 11 is 0. The molecule has 2 N–H and O–H groups in total. The van der Waals surface area contributed by atoms with Gasteiger partial charge in [0.15, 0.2) is 6.10 Å². The number of ether oxygens (including phenoxy) is 2. The number of rotatable bonds is 25. The molecule has 0 rings (SSSR count). The number of esters is 2. The van der Waals surface area contributed by atoms with Crippen LogP contribution in [0.2, 0.25) is 0 Å². The molecule has 0 saturated carbocycles. The van der Waals surface area contributed by atoms with Crippen LogP contribution < -0.4 is 0 Å². The van der Waals surface area contributed by atoms with Crippen molar-refractivity contribution < 1.29 is 37.9 Å². The third-order valence-electron chi connectivity index (χ3n) is 5.77. The molecule has 0 spiro atoms. The van der Waals surface area contributed by atoms with Gasteiger partial charge in [0.25, 0.3) is 0 Å². The summed E-state index contributed by atoms with van der Waals surface area (Å²) in [6.07, 6.45) is 21.0. The number of unbranched alkanes of at least 4 members (excludes halogenated alkanes) is 13. The zero-order valence-electron chi connectivity index (χ0n) is 22.7. The number of phosphoric ester groups is 1. The van der Waals surface area contributed by atoms with E-state index in [2.05, 4.69) is 30.5 Å². The fourth-order valence-electron chi connectivity index (χ4n) is 3.67. The number of allylic oxidation sites excluding steroid dienone is 2. The predicted molar refractivity (Wildman–Crippen MR) is 142 cm³/mol. The highest BCUT2D eigenvalue weighted by molar-refractivity contribution is 7.46. The van der Waals surface area contributed by atoms with Crippen LogP contribution in [0.1, 0.15) is 129 Å². The number of hydrogen-bond acceptors (Lipinski definition) is 6. The van der Waals surface area contributed by atoms with Crippen LogP contribution in [0.4, 0.5) is 0 Å². The molecule has 0 aromatic heterocycles. The van der Waals surface area contributed by atoms with Crippen molar-refractivity contribution >= 4 is 19.8 Å². The van der Waals surface area contributed by atoms with Gasteiger partial charge in [-0.15, -0.1) is 0 Å². The smallest absolute Gasteiger partial charge is 0.462 e. The van der Waals surface area contributed by atoms with E-state index in [0.717, 1.165) is 57.8 Å². The second-order valence-corrected chi connectivity index (χ2v) is 10.6. The first-order valence-corrected chi connectivity index (χ1v) is 15.5. The molecule has 0 heterocycles. The maximum atomic E-state index is 12.2.